The van der Waals surface area contributed by atoms with E-state index in [1.807, 2.05) is 59.1 Å². The zero-order valence-electron chi connectivity index (χ0n) is 16.3. The highest BCUT2D eigenvalue weighted by molar-refractivity contribution is 5.93. The van der Waals surface area contributed by atoms with E-state index in [0.717, 1.165) is 29.1 Å². The molecular weight excluding hydrogens is 356 g/mol. The molecule has 1 saturated heterocycles. The molecule has 0 spiro atoms. The summed E-state index contributed by atoms with van der Waals surface area (Å²) < 4.78 is 13.0. The highest BCUT2D eigenvalue weighted by atomic mass is 16.5. The number of benzene rings is 1. The number of amides is 1. The van der Waals surface area contributed by atoms with Gasteiger partial charge in [0.15, 0.2) is 11.5 Å². The van der Waals surface area contributed by atoms with Gasteiger partial charge in [0.2, 0.25) is 0 Å². The summed E-state index contributed by atoms with van der Waals surface area (Å²) in [4.78, 5) is 14.8. The van der Waals surface area contributed by atoms with Crippen LogP contribution in [0.1, 0.15) is 28.4 Å². The first-order chi connectivity index (χ1) is 13.6. The van der Waals surface area contributed by atoms with E-state index in [0.29, 0.717) is 24.5 Å². The average molecular weight is 380 g/mol. The third-order valence-electron chi connectivity index (χ3n) is 5.36. The van der Waals surface area contributed by atoms with Crippen molar-refractivity contribution in [2.45, 2.75) is 12.3 Å². The summed E-state index contributed by atoms with van der Waals surface area (Å²) in [6.45, 7) is 1.34. The molecule has 0 bridgehead atoms. The number of aromatic amines is 1. The second-order valence-corrected chi connectivity index (χ2v) is 6.99. The summed E-state index contributed by atoms with van der Waals surface area (Å²) in [6, 6.07) is 11.6. The van der Waals surface area contributed by atoms with Crippen molar-refractivity contribution < 1.29 is 14.3 Å². The number of carbonyl (C=O) groups excluding carboxylic acids is 1. The van der Waals surface area contributed by atoms with Gasteiger partial charge in [-0.2, -0.15) is 5.10 Å². The van der Waals surface area contributed by atoms with Gasteiger partial charge in [-0.1, -0.05) is 12.1 Å². The molecule has 0 unspecified atom stereocenters. The summed E-state index contributed by atoms with van der Waals surface area (Å²) in [5.41, 5.74) is 3.32. The van der Waals surface area contributed by atoms with Gasteiger partial charge in [-0.3, -0.25) is 9.89 Å². The van der Waals surface area contributed by atoms with Gasteiger partial charge in [0.1, 0.15) is 11.4 Å². The van der Waals surface area contributed by atoms with Gasteiger partial charge in [0.25, 0.3) is 5.91 Å². The van der Waals surface area contributed by atoms with Crippen molar-refractivity contribution in [3.63, 3.8) is 0 Å². The maximum Gasteiger partial charge on any atom is 0.271 e. The van der Waals surface area contributed by atoms with Gasteiger partial charge < -0.3 is 18.9 Å². The van der Waals surface area contributed by atoms with E-state index in [-0.39, 0.29) is 11.8 Å². The summed E-state index contributed by atoms with van der Waals surface area (Å²) in [5.74, 6) is 1.64. The average Bonchev–Trinajstić information content (AvgIpc) is 3.46. The van der Waals surface area contributed by atoms with Crippen molar-refractivity contribution in [2.24, 2.45) is 7.05 Å². The normalized spacial score (nSPS) is 16.4. The van der Waals surface area contributed by atoms with E-state index in [1.54, 1.807) is 14.2 Å². The molecular formula is C21H24N4O3. The van der Waals surface area contributed by atoms with E-state index in [9.17, 15) is 4.79 Å². The molecule has 1 amide bonds. The number of hydrogen-bond acceptors (Lipinski definition) is 4. The van der Waals surface area contributed by atoms with E-state index in [1.165, 1.54) is 0 Å². The van der Waals surface area contributed by atoms with E-state index >= 15 is 0 Å². The number of methoxy groups -OCH3 is 2. The first-order valence-electron chi connectivity index (χ1n) is 9.29. The SMILES string of the molecule is COc1cccc([C@H]2CCN(C(=O)c3cc(-c4cccn4C)n[nH]3)C2)c1OC. The minimum atomic E-state index is -0.0303. The predicted molar refractivity (Wildman–Crippen MR) is 106 cm³/mol. The molecule has 1 aliphatic rings. The fraction of sp³-hybridized carbons (Fsp3) is 0.333. The Kier molecular flexibility index (Phi) is 4.81. The lowest BCUT2D eigenvalue weighted by molar-refractivity contribution is 0.0785. The third kappa shape index (κ3) is 3.13. The zero-order valence-corrected chi connectivity index (χ0v) is 16.3. The summed E-state index contributed by atoms with van der Waals surface area (Å²) in [6.07, 6.45) is 2.84. The molecule has 146 valence electrons. The monoisotopic (exact) mass is 380 g/mol. The number of carbonyl (C=O) groups is 1. The van der Waals surface area contributed by atoms with Crippen LogP contribution in [-0.4, -0.2) is 52.9 Å². The molecule has 1 aliphatic heterocycles. The molecule has 3 heterocycles. The number of aromatic nitrogens is 3. The van der Waals surface area contributed by atoms with Crippen molar-refractivity contribution in [2.75, 3.05) is 27.3 Å². The van der Waals surface area contributed by atoms with Crippen molar-refractivity contribution in [1.82, 2.24) is 19.7 Å². The molecule has 1 atom stereocenters. The Bertz CT molecular complexity index is 991. The summed E-state index contributed by atoms with van der Waals surface area (Å²) in [7, 11) is 5.24. The molecule has 0 saturated carbocycles. The first-order valence-corrected chi connectivity index (χ1v) is 9.29. The number of aryl methyl sites for hydroxylation is 1. The number of nitrogens with zero attached hydrogens (tertiary/aromatic N) is 3. The lowest BCUT2D eigenvalue weighted by Crippen LogP contribution is -2.28. The number of para-hydroxylation sites is 1. The quantitative estimate of drug-likeness (QED) is 0.738. The van der Waals surface area contributed by atoms with Crippen LogP contribution in [0.2, 0.25) is 0 Å². The fourth-order valence-corrected chi connectivity index (χ4v) is 3.89. The van der Waals surface area contributed by atoms with Gasteiger partial charge in [-0.25, -0.2) is 0 Å². The van der Waals surface area contributed by atoms with Crippen LogP contribution in [0.5, 0.6) is 11.5 Å². The topological polar surface area (TPSA) is 72.4 Å². The molecule has 4 rings (SSSR count). The molecule has 7 heteroatoms. The molecule has 0 aliphatic carbocycles. The molecule has 1 fully saturated rings. The van der Waals surface area contributed by atoms with Crippen molar-refractivity contribution in [1.29, 1.82) is 0 Å². The number of hydrogen-bond donors (Lipinski definition) is 1. The van der Waals surface area contributed by atoms with Crippen molar-refractivity contribution in [3.8, 4) is 22.9 Å². The Hall–Kier alpha value is -3.22. The number of H-pyrrole nitrogens is 1. The lowest BCUT2D eigenvalue weighted by atomic mass is 9.97. The second-order valence-electron chi connectivity index (χ2n) is 6.99. The van der Waals surface area contributed by atoms with Crippen LogP contribution in [0.15, 0.2) is 42.6 Å². The summed E-state index contributed by atoms with van der Waals surface area (Å²) >= 11 is 0. The van der Waals surface area contributed by atoms with Gasteiger partial charge >= 0.3 is 0 Å². The van der Waals surface area contributed by atoms with Crippen molar-refractivity contribution in [3.05, 3.63) is 53.9 Å². The molecule has 3 aromatic rings. The van der Waals surface area contributed by atoms with E-state index < -0.39 is 0 Å². The molecule has 1 aromatic carbocycles. The Balaban J connectivity index is 1.51. The largest absolute Gasteiger partial charge is 0.493 e. The Morgan fingerprint density at radius 3 is 2.79 bits per heavy atom. The fourth-order valence-electron chi connectivity index (χ4n) is 3.89. The van der Waals surface area contributed by atoms with E-state index in [2.05, 4.69) is 10.2 Å². The van der Waals surface area contributed by atoms with Gasteiger partial charge in [0, 0.05) is 37.8 Å². The van der Waals surface area contributed by atoms with Gasteiger partial charge in [-0.05, 0) is 30.7 Å². The van der Waals surface area contributed by atoms with Crippen LogP contribution in [0.3, 0.4) is 0 Å². The minimum absolute atomic E-state index is 0.0303. The van der Waals surface area contributed by atoms with Crippen molar-refractivity contribution >= 4 is 5.91 Å². The zero-order chi connectivity index (χ0) is 19.7. The molecule has 0 radical (unpaired) electrons. The first kappa shape index (κ1) is 18.2. The number of ether oxygens (including phenoxy) is 2. The lowest BCUT2D eigenvalue weighted by Gasteiger charge is -2.18. The van der Waals surface area contributed by atoms with E-state index in [4.69, 9.17) is 9.47 Å². The maximum atomic E-state index is 13.0. The maximum absolute atomic E-state index is 13.0. The second kappa shape index (κ2) is 7.42. The number of likely N-dealkylation sites (tertiary alicyclic amines) is 1. The number of rotatable bonds is 5. The van der Waals surface area contributed by atoms with Crippen LogP contribution in [-0.2, 0) is 7.05 Å². The third-order valence-corrected chi connectivity index (χ3v) is 5.36. The van der Waals surface area contributed by atoms with Crippen LogP contribution in [0.25, 0.3) is 11.4 Å². The Morgan fingerprint density at radius 2 is 2.07 bits per heavy atom. The standard InChI is InChI=1S/C21H24N4O3/c1-24-10-5-7-18(24)16-12-17(23-22-16)21(26)25-11-9-14(13-25)15-6-4-8-19(27-2)20(15)28-3/h4-8,10,12,14H,9,11,13H2,1-3H3,(H,22,23)/t14-/m0/s1. The minimum Gasteiger partial charge on any atom is -0.493 e. The van der Waals surface area contributed by atoms with Crippen LogP contribution in [0.4, 0.5) is 0 Å². The predicted octanol–water partition coefficient (Wildman–Crippen LogP) is 3.06. The van der Waals surface area contributed by atoms with Gasteiger partial charge in [-0.15, -0.1) is 0 Å². The molecule has 28 heavy (non-hydrogen) atoms. The smallest absolute Gasteiger partial charge is 0.271 e. The highest BCUT2D eigenvalue weighted by Crippen LogP contribution is 2.39. The molecule has 1 N–H and O–H groups in total. The Labute approximate surface area is 163 Å². The van der Waals surface area contributed by atoms with Crippen LogP contribution in [0, 0.1) is 0 Å². The van der Waals surface area contributed by atoms with Gasteiger partial charge in [0.05, 0.1) is 19.9 Å². The van der Waals surface area contributed by atoms with Crippen LogP contribution < -0.4 is 9.47 Å². The summed E-state index contributed by atoms with van der Waals surface area (Å²) in [5, 5.41) is 7.20. The number of nitrogens with one attached hydrogen (secondary N) is 1. The van der Waals surface area contributed by atoms with Crippen LogP contribution >= 0.6 is 0 Å². The Morgan fingerprint density at radius 1 is 1.21 bits per heavy atom. The molecule has 7 nitrogen and oxygen atoms in total. The molecule has 2 aromatic heterocycles. The highest BCUT2D eigenvalue weighted by Gasteiger charge is 2.31.